The largest absolute Gasteiger partial charge is 0.377 e. The third kappa shape index (κ3) is 2.63. The molecule has 0 radical (unpaired) electrons. The monoisotopic (exact) mass is 330 g/mol. The number of ether oxygens (including phenoxy) is 1. The Hall–Kier alpha value is -0.890. The van der Waals surface area contributed by atoms with Gasteiger partial charge in [-0.1, -0.05) is 0 Å². The zero-order valence-corrected chi connectivity index (χ0v) is 13.5. The second-order valence-electron chi connectivity index (χ2n) is 5.72. The number of nitrogens with two attached hydrogens (primary N) is 1. The van der Waals surface area contributed by atoms with Crippen LogP contribution in [0.2, 0.25) is 5.28 Å². The van der Waals surface area contributed by atoms with Gasteiger partial charge in [-0.25, -0.2) is 9.97 Å². The molecule has 2 N–H and O–H groups in total. The lowest BCUT2D eigenvalue weighted by Gasteiger charge is -2.34. The first kappa shape index (κ1) is 15.0. The molecule has 1 aliphatic heterocycles. The summed E-state index contributed by atoms with van der Waals surface area (Å²) >= 11 is 6.07. The minimum absolute atomic E-state index is 0.149. The van der Waals surface area contributed by atoms with E-state index in [-0.39, 0.29) is 11.3 Å². The van der Waals surface area contributed by atoms with Crippen LogP contribution in [0.1, 0.15) is 25.5 Å². The van der Waals surface area contributed by atoms with Crippen molar-refractivity contribution in [3.05, 3.63) is 17.0 Å². The molecule has 2 aliphatic rings. The molecule has 8 heteroatoms. The molecule has 3 rings (SSSR count). The highest BCUT2D eigenvalue weighted by atomic mass is 35.5. The van der Waals surface area contributed by atoms with Crippen molar-refractivity contribution in [2.24, 2.45) is 5.14 Å². The number of hydrogen-bond acceptors (Lipinski definition) is 5. The van der Waals surface area contributed by atoms with E-state index < -0.39 is 14.5 Å². The van der Waals surface area contributed by atoms with Crippen molar-refractivity contribution in [1.82, 2.24) is 9.97 Å². The van der Waals surface area contributed by atoms with Crippen molar-refractivity contribution in [3.8, 4) is 0 Å². The zero-order chi connectivity index (χ0) is 15.3. The minimum atomic E-state index is -2.71. The molecule has 2 heterocycles. The standard InChI is InChI=1S/C13H19ClN4O2S/c1-9-8-20-6-5-18(9)11-7-10(16-12(14)17-11)13(3-4-13)21(2,15)19/h7,9H,2-6,8H2,1H3,(H2,15,19)/t9-,21?/m1/s1. The Bertz CT molecular complexity index is 660. The number of hydrogen-bond donors (Lipinski definition) is 1. The van der Waals surface area contributed by atoms with Gasteiger partial charge in [-0.2, -0.15) is 0 Å². The van der Waals surface area contributed by atoms with Crippen LogP contribution in [0.3, 0.4) is 0 Å². The van der Waals surface area contributed by atoms with E-state index >= 15 is 0 Å². The molecule has 0 spiro atoms. The number of rotatable bonds is 3. The van der Waals surface area contributed by atoms with Crippen molar-refractivity contribution in [3.63, 3.8) is 0 Å². The molecule has 1 unspecified atom stereocenters. The Morgan fingerprint density at radius 1 is 1.57 bits per heavy atom. The van der Waals surface area contributed by atoms with Gasteiger partial charge in [0.2, 0.25) is 5.28 Å². The van der Waals surface area contributed by atoms with E-state index in [1.165, 1.54) is 0 Å². The Morgan fingerprint density at radius 3 is 2.86 bits per heavy atom. The van der Waals surface area contributed by atoms with Crippen molar-refractivity contribution in [2.75, 3.05) is 24.7 Å². The molecule has 2 fully saturated rings. The van der Waals surface area contributed by atoms with Gasteiger partial charge in [0.1, 0.15) is 5.82 Å². The summed E-state index contributed by atoms with van der Waals surface area (Å²) in [5.41, 5.74) is 0.638. The summed E-state index contributed by atoms with van der Waals surface area (Å²) in [6.45, 7) is 4.10. The number of halogens is 1. The van der Waals surface area contributed by atoms with Gasteiger partial charge in [0.05, 0.1) is 29.7 Å². The highest BCUT2D eigenvalue weighted by molar-refractivity contribution is 7.99. The lowest BCUT2D eigenvalue weighted by Crippen LogP contribution is -2.44. The predicted octanol–water partition coefficient (Wildman–Crippen LogP) is 0.934. The molecule has 0 bridgehead atoms. The topological polar surface area (TPSA) is 81.3 Å². The van der Waals surface area contributed by atoms with Crippen molar-refractivity contribution < 1.29 is 8.95 Å². The second kappa shape index (κ2) is 5.08. The van der Waals surface area contributed by atoms with Gasteiger partial charge in [0.25, 0.3) is 0 Å². The maximum Gasteiger partial charge on any atom is 0.224 e. The van der Waals surface area contributed by atoms with Crippen LogP contribution in [0, 0.1) is 0 Å². The van der Waals surface area contributed by atoms with E-state index in [0.29, 0.717) is 18.9 Å². The fraction of sp³-hybridized carbons (Fsp3) is 0.615. The van der Waals surface area contributed by atoms with Crippen molar-refractivity contribution in [1.29, 1.82) is 0 Å². The molecular weight excluding hydrogens is 312 g/mol. The van der Waals surface area contributed by atoms with Crippen LogP contribution >= 0.6 is 11.6 Å². The molecule has 21 heavy (non-hydrogen) atoms. The lowest BCUT2D eigenvalue weighted by atomic mass is 10.2. The van der Waals surface area contributed by atoms with Crippen LogP contribution < -0.4 is 10.0 Å². The fourth-order valence-electron chi connectivity index (χ4n) is 2.75. The third-order valence-corrected chi connectivity index (χ3v) is 6.29. The van der Waals surface area contributed by atoms with Gasteiger partial charge >= 0.3 is 0 Å². The number of nitrogens with zero attached hydrogens (tertiary/aromatic N) is 3. The average molecular weight is 331 g/mol. The summed E-state index contributed by atoms with van der Waals surface area (Å²) in [7, 11) is -2.71. The Labute approximate surface area is 129 Å². The van der Waals surface area contributed by atoms with Gasteiger partial charge in [-0.3, -0.25) is 9.35 Å². The van der Waals surface area contributed by atoms with E-state index in [9.17, 15) is 4.21 Å². The van der Waals surface area contributed by atoms with Gasteiger partial charge < -0.3 is 9.64 Å². The summed E-state index contributed by atoms with van der Waals surface area (Å²) in [5.74, 6) is 4.37. The summed E-state index contributed by atoms with van der Waals surface area (Å²) in [5, 5.41) is 5.94. The lowest BCUT2D eigenvalue weighted by molar-refractivity contribution is 0.0985. The predicted molar refractivity (Wildman–Crippen MR) is 85.0 cm³/mol. The van der Waals surface area contributed by atoms with Gasteiger partial charge in [-0.05, 0) is 37.2 Å². The summed E-state index contributed by atoms with van der Waals surface area (Å²) in [6.07, 6.45) is 1.44. The molecular formula is C13H19ClN4O2S. The van der Waals surface area contributed by atoms with E-state index in [2.05, 4.69) is 27.7 Å². The van der Waals surface area contributed by atoms with E-state index in [0.717, 1.165) is 25.2 Å². The molecule has 1 saturated heterocycles. The molecule has 1 aliphatic carbocycles. The molecule has 1 aromatic heterocycles. The van der Waals surface area contributed by atoms with Crippen LogP contribution in [-0.2, 0) is 19.2 Å². The summed E-state index contributed by atoms with van der Waals surface area (Å²) in [6, 6.07) is 2.05. The highest BCUT2D eigenvalue weighted by Crippen LogP contribution is 2.51. The number of morpholine rings is 1. The van der Waals surface area contributed by atoms with Crippen LogP contribution in [0.5, 0.6) is 0 Å². The van der Waals surface area contributed by atoms with Crippen LogP contribution in [-0.4, -0.2) is 45.8 Å². The minimum Gasteiger partial charge on any atom is -0.377 e. The molecule has 0 aromatic carbocycles. The Kier molecular flexibility index (Phi) is 3.64. The molecule has 2 atom stereocenters. The zero-order valence-electron chi connectivity index (χ0n) is 11.9. The van der Waals surface area contributed by atoms with Gasteiger partial charge in [0, 0.05) is 22.3 Å². The summed E-state index contributed by atoms with van der Waals surface area (Å²) in [4.78, 5) is 10.7. The Morgan fingerprint density at radius 2 is 2.29 bits per heavy atom. The SMILES string of the molecule is C=S(N)(=O)C1(c2cc(N3CCOC[C@H]3C)nc(Cl)n2)CC1. The van der Waals surface area contributed by atoms with E-state index in [1.807, 2.05) is 6.07 Å². The normalized spacial score (nSPS) is 27.2. The quantitative estimate of drug-likeness (QED) is 0.658. The third-order valence-electron chi connectivity index (χ3n) is 4.18. The Balaban J connectivity index is 2.01. The van der Waals surface area contributed by atoms with Gasteiger partial charge in [-0.15, -0.1) is 0 Å². The average Bonchev–Trinajstić information content (AvgIpc) is 3.19. The van der Waals surface area contributed by atoms with Crippen molar-refractivity contribution in [2.45, 2.75) is 30.6 Å². The van der Waals surface area contributed by atoms with Crippen LogP contribution in [0.4, 0.5) is 5.82 Å². The van der Waals surface area contributed by atoms with E-state index in [4.69, 9.17) is 21.5 Å². The smallest absolute Gasteiger partial charge is 0.224 e. The first-order chi connectivity index (χ1) is 9.83. The molecule has 6 nitrogen and oxygen atoms in total. The summed E-state index contributed by atoms with van der Waals surface area (Å²) < 4.78 is 17.0. The maximum absolute atomic E-state index is 12.3. The van der Waals surface area contributed by atoms with E-state index in [1.54, 1.807) is 0 Å². The second-order valence-corrected chi connectivity index (χ2v) is 8.29. The van der Waals surface area contributed by atoms with Crippen LogP contribution in [0.25, 0.3) is 0 Å². The first-order valence-electron chi connectivity index (χ1n) is 6.87. The maximum atomic E-state index is 12.3. The molecule has 1 saturated carbocycles. The number of anilines is 1. The fourth-order valence-corrected chi connectivity index (χ4v) is 4.18. The van der Waals surface area contributed by atoms with Crippen molar-refractivity contribution >= 4 is 33.0 Å². The highest BCUT2D eigenvalue weighted by Gasteiger charge is 2.52. The van der Waals surface area contributed by atoms with Crippen LogP contribution in [0.15, 0.2) is 6.07 Å². The molecule has 116 valence electrons. The molecule has 1 aromatic rings. The first-order valence-corrected chi connectivity index (χ1v) is 9.04. The van der Waals surface area contributed by atoms with Gasteiger partial charge in [0.15, 0.2) is 0 Å². The molecule has 0 amide bonds. The number of aromatic nitrogens is 2.